The van der Waals surface area contributed by atoms with E-state index in [4.69, 9.17) is 19.9 Å². The summed E-state index contributed by atoms with van der Waals surface area (Å²) in [5, 5.41) is 4.60. The van der Waals surface area contributed by atoms with Crippen LogP contribution in [0.2, 0.25) is 0 Å². The normalized spacial score (nSPS) is 18.3. The van der Waals surface area contributed by atoms with Crippen LogP contribution in [-0.4, -0.2) is 19.9 Å². The molecule has 0 spiro atoms. The molecule has 62 heavy (non-hydrogen) atoms. The van der Waals surface area contributed by atoms with Crippen molar-refractivity contribution in [2.24, 2.45) is 0 Å². The molecule has 0 amide bonds. The highest BCUT2D eigenvalue weighted by Gasteiger charge is 2.45. The van der Waals surface area contributed by atoms with Crippen LogP contribution in [0.15, 0.2) is 182 Å². The molecule has 0 unspecified atom stereocenters. The molecule has 0 saturated heterocycles. The van der Waals surface area contributed by atoms with Gasteiger partial charge in [0, 0.05) is 0 Å². The van der Waals surface area contributed by atoms with Gasteiger partial charge in [0.2, 0.25) is 0 Å². The molecule has 4 bridgehead atoms. The van der Waals surface area contributed by atoms with Crippen LogP contribution in [-0.2, 0) is 0 Å². The van der Waals surface area contributed by atoms with Gasteiger partial charge in [-0.25, -0.2) is 19.9 Å². The van der Waals surface area contributed by atoms with E-state index in [9.17, 15) is 0 Å². The van der Waals surface area contributed by atoms with Crippen molar-refractivity contribution in [2.45, 2.75) is 23.7 Å². The van der Waals surface area contributed by atoms with Crippen LogP contribution in [0.5, 0.6) is 0 Å². The zero-order chi connectivity index (χ0) is 40.2. The minimum absolute atomic E-state index is 0.0464. The molecule has 4 heteroatoms. The monoisotopic (exact) mass is 786 g/mol. The Bertz CT molecular complexity index is 3230. The minimum atomic E-state index is 0.0464. The van der Waals surface area contributed by atoms with Gasteiger partial charge in [0.25, 0.3) is 0 Å². The Balaban J connectivity index is 1.05. The lowest BCUT2D eigenvalue weighted by atomic mass is 9.64. The summed E-state index contributed by atoms with van der Waals surface area (Å²) in [5.74, 6) is 0.186. The average molecular weight is 787 g/mol. The van der Waals surface area contributed by atoms with Gasteiger partial charge in [-0.15, -0.1) is 0 Å². The molecular formula is C58H34N4. The van der Waals surface area contributed by atoms with E-state index in [1.807, 2.05) is 0 Å². The van der Waals surface area contributed by atoms with E-state index in [0.717, 1.165) is 77.5 Å². The van der Waals surface area contributed by atoms with E-state index in [2.05, 4.69) is 182 Å². The standard InChI is InChI=1S/C58H34N4/c1-3-15-31(16-4-1)49-41-27-45-47(61-57-53-37-23-11-7-19-33(37)51(55(57)59-45)34-20-8-12-24-38(34)53)29-43(41)50(32-17-5-2-6-18-32)44-30-48-46(28-42(44)49)60-56-52-35-21-9-13-25-39(35)54(58(56)62-48)40-26-14-10-22-36(40)52/h1-30,51-54H. The number of benzene rings is 9. The number of fused-ring (bicyclic) bond motifs is 4. The van der Waals surface area contributed by atoms with Crippen molar-refractivity contribution in [2.75, 3.05) is 0 Å². The molecule has 0 N–H and O–H groups in total. The predicted octanol–water partition coefficient (Wildman–Crippen LogP) is 13.2. The molecule has 6 aliphatic carbocycles. The van der Waals surface area contributed by atoms with Crippen LogP contribution in [0.25, 0.3) is 65.9 Å². The summed E-state index contributed by atoms with van der Waals surface area (Å²) >= 11 is 0. The summed E-state index contributed by atoms with van der Waals surface area (Å²) in [6, 6.07) is 66.6. The number of aromatic nitrogens is 4. The smallest absolute Gasteiger partial charge is 0.0897 e. The lowest BCUT2D eigenvalue weighted by Gasteiger charge is -2.40. The fraction of sp³-hybridized carbons (Fsp3) is 0.0690. The first-order valence-corrected chi connectivity index (χ1v) is 21.7. The first-order valence-electron chi connectivity index (χ1n) is 21.7. The quantitative estimate of drug-likeness (QED) is 0.164. The van der Waals surface area contributed by atoms with Crippen molar-refractivity contribution < 1.29 is 0 Å². The highest BCUT2D eigenvalue weighted by atomic mass is 14.9. The summed E-state index contributed by atoms with van der Waals surface area (Å²) in [6.07, 6.45) is 0. The van der Waals surface area contributed by atoms with Crippen molar-refractivity contribution in [1.82, 2.24) is 19.9 Å². The molecule has 286 valence electrons. The molecule has 0 saturated carbocycles. The van der Waals surface area contributed by atoms with Crippen LogP contribution in [0, 0.1) is 0 Å². The maximum Gasteiger partial charge on any atom is 0.0897 e. The molecule has 9 aromatic carbocycles. The Kier molecular flexibility index (Phi) is 6.34. The van der Waals surface area contributed by atoms with Crippen molar-refractivity contribution in [3.05, 3.63) is 249 Å². The van der Waals surface area contributed by atoms with Gasteiger partial charge in [0.05, 0.1) is 68.5 Å². The van der Waals surface area contributed by atoms with E-state index < -0.39 is 0 Å². The van der Waals surface area contributed by atoms with Gasteiger partial charge in [-0.1, -0.05) is 158 Å². The van der Waals surface area contributed by atoms with Gasteiger partial charge in [0.15, 0.2) is 0 Å². The lowest BCUT2D eigenvalue weighted by Crippen LogP contribution is -2.29. The van der Waals surface area contributed by atoms with E-state index in [1.165, 1.54) is 55.6 Å². The molecule has 0 atom stereocenters. The van der Waals surface area contributed by atoms with Gasteiger partial charge in [-0.2, -0.15) is 0 Å². The highest BCUT2D eigenvalue weighted by Crippen LogP contribution is 2.57. The molecule has 4 nitrogen and oxygen atoms in total. The predicted molar refractivity (Wildman–Crippen MR) is 248 cm³/mol. The maximum absolute atomic E-state index is 5.64. The summed E-state index contributed by atoms with van der Waals surface area (Å²) in [4.78, 5) is 22.5. The molecule has 0 aliphatic heterocycles. The Morgan fingerprint density at radius 3 is 0.677 bits per heavy atom. The molecule has 6 aliphatic rings. The van der Waals surface area contributed by atoms with Crippen molar-refractivity contribution in [3.63, 3.8) is 0 Å². The van der Waals surface area contributed by atoms with E-state index in [1.54, 1.807) is 0 Å². The Hall–Kier alpha value is -7.82. The summed E-state index contributed by atoms with van der Waals surface area (Å²) in [5.41, 5.74) is 23.4. The van der Waals surface area contributed by atoms with E-state index >= 15 is 0 Å². The van der Waals surface area contributed by atoms with Crippen LogP contribution < -0.4 is 0 Å². The third kappa shape index (κ3) is 4.21. The molecule has 2 aromatic heterocycles. The summed E-state index contributed by atoms with van der Waals surface area (Å²) in [7, 11) is 0. The van der Waals surface area contributed by atoms with Crippen molar-refractivity contribution in [1.29, 1.82) is 0 Å². The van der Waals surface area contributed by atoms with Gasteiger partial charge in [-0.3, -0.25) is 0 Å². The van der Waals surface area contributed by atoms with Gasteiger partial charge in [-0.05, 0) is 113 Å². The summed E-state index contributed by atoms with van der Waals surface area (Å²) < 4.78 is 0. The van der Waals surface area contributed by atoms with Crippen molar-refractivity contribution in [3.8, 4) is 22.3 Å². The van der Waals surface area contributed by atoms with Gasteiger partial charge < -0.3 is 0 Å². The number of hydrogen-bond acceptors (Lipinski definition) is 4. The van der Waals surface area contributed by atoms with E-state index in [-0.39, 0.29) is 23.7 Å². The highest BCUT2D eigenvalue weighted by molar-refractivity contribution is 6.24. The lowest BCUT2D eigenvalue weighted by molar-refractivity contribution is 0.709. The SMILES string of the molecule is c1ccc(-c2c3cc4nc5c(nc4cc3c(-c3ccccc3)c3cc4nc6c(nc4cc23)C2c3ccccc3C6c3ccccc32)C2c3ccccc3C5c3ccccc32)cc1. The molecule has 2 heterocycles. The zero-order valence-electron chi connectivity index (χ0n) is 33.4. The maximum atomic E-state index is 5.64. The molecule has 0 radical (unpaired) electrons. The first kappa shape index (κ1) is 33.0. The third-order valence-corrected chi connectivity index (χ3v) is 14.5. The molecular weight excluding hydrogens is 753 g/mol. The second-order valence-corrected chi connectivity index (χ2v) is 17.5. The van der Waals surface area contributed by atoms with E-state index in [0.29, 0.717) is 0 Å². The number of rotatable bonds is 2. The molecule has 17 rings (SSSR count). The minimum Gasteiger partial charge on any atom is -0.248 e. The zero-order valence-corrected chi connectivity index (χ0v) is 33.4. The first-order chi connectivity index (χ1) is 30.8. The fourth-order valence-electron chi connectivity index (χ4n) is 12.1. The van der Waals surface area contributed by atoms with Crippen LogP contribution in [0.3, 0.4) is 0 Å². The number of nitrogens with zero attached hydrogens (tertiary/aromatic N) is 4. The van der Waals surface area contributed by atoms with Gasteiger partial charge in [0.1, 0.15) is 0 Å². The van der Waals surface area contributed by atoms with Crippen LogP contribution in [0.4, 0.5) is 0 Å². The Morgan fingerprint density at radius 1 is 0.242 bits per heavy atom. The second-order valence-electron chi connectivity index (χ2n) is 17.5. The Labute approximate surface area is 357 Å². The van der Waals surface area contributed by atoms with Crippen LogP contribution >= 0.6 is 0 Å². The largest absolute Gasteiger partial charge is 0.248 e. The fourth-order valence-corrected chi connectivity index (χ4v) is 12.1. The molecule has 0 fully saturated rings. The van der Waals surface area contributed by atoms with Crippen LogP contribution in [0.1, 0.15) is 91.0 Å². The summed E-state index contributed by atoms with van der Waals surface area (Å²) in [6.45, 7) is 0. The number of hydrogen-bond donors (Lipinski definition) is 0. The average Bonchev–Trinajstić information content (AvgIpc) is 3.33. The van der Waals surface area contributed by atoms with Gasteiger partial charge >= 0.3 is 0 Å². The topological polar surface area (TPSA) is 51.6 Å². The second kappa shape index (κ2) is 11.9. The molecule has 11 aromatic rings. The third-order valence-electron chi connectivity index (χ3n) is 14.5. The Morgan fingerprint density at radius 2 is 0.452 bits per heavy atom. The van der Waals surface area contributed by atoms with Crippen molar-refractivity contribution >= 4 is 43.6 Å².